The summed E-state index contributed by atoms with van der Waals surface area (Å²) in [5.41, 5.74) is 1.18. The molecule has 0 spiro atoms. The first-order valence-electron chi connectivity index (χ1n) is 4.41. The topological polar surface area (TPSA) is 53.0 Å². The van der Waals surface area contributed by atoms with Crippen molar-refractivity contribution in [2.24, 2.45) is 0 Å². The number of carboxylic acids is 1. The van der Waals surface area contributed by atoms with E-state index in [1.807, 2.05) is 12.1 Å². The number of thioether (sulfide) groups is 1. The third-order valence-electron chi connectivity index (χ3n) is 1.84. The zero-order chi connectivity index (χ0) is 10.4. The molecule has 3 nitrogen and oxygen atoms in total. The summed E-state index contributed by atoms with van der Waals surface area (Å²) in [6, 6.07) is 3.87. The second-order valence-electron chi connectivity index (χ2n) is 2.94. The van der Waals surface area contributed by atoms with Crippen molar-refractivity contribution in [3.63, 3.8) is 0 Å². The van der Waals surface area contributed by atoms with Crippen molar-refractivity contribution < 1.29 is 39.5 Å². The minimum absolute atomic E-state index is 0. The normalized spacial score (nSPS) is 11.5. The number of aromatic nitrogens is 1. The van der Waals surface area contributed by atoms with Gasteiger partial charge in [0.2, 0.25) is 0 Å². The van der Waals surface area contributed by atoms with Crippen molar-refractivity contribution in [1.82, 2.24) is 4.98 Å². The molecule has 1 aromatic heterocycles. The number of rotatable bonds is 5. The van der Waals surface area contributed by atoms with Gasteiger partial charge in [-0.05, 0) is 36.8 Å². The van der Waals surface area contributed by atoms with Crippen LogP contribution < -0.4 is 34.7 Å². The van der Waals surface area contributed by atoms with Crippen LogP contribution in [0.5, 0.6) is 0 Å². The Morgan fingerprint density at radius 3 is 2.67 bits per heavy atom. The van der Waals surface area contributed by atoms with Crippen molar-refractivity contribution in [2.45, 2.75) is 18.6 Å². The summed E-state index contributed by atoms with van der Waals surface area (Å²) < 4.78 is 0. The van der Waals surface area contributed by atoms with Crippen LogP contribution in [0.15, 0.2) is 24.5 Å². The van der Waals surface area contributed by atoms with E-state index in [1.165, 1.54) is 17.3 Å². The van der Waals surface area contributed by atoms with Crippen LogP contribution in [0.2, 0.25) is 0 Å². The predicted octanol–water partition coefficient (Wildman–Crippen LogP) is -2.50. The Bertz CT molecular complexity index is 295. The van der Waals surface area contributed by atoms with Gasteiger partial charge in [0.25, 0.3) is 0 Å². The van der Waals surface area contributed by atoms with Crippen LogP contribution in [0.25, 0.3) is 0 Å². The Labute approximate surface area is 116 Å². The monoisotopic (exact) mass is 233 g/mol. The van der Waals surface area contributed by atoms with Crippen molar-refractivity contribution in [2.75, 3.05) is 5.75 Å². The fourth-order valence-corrected chi connectivity index (χ4v) is 1.81. The van der Waals surface area contributed by atoms with Gasteiger partial charge in [0.05, 0.1) is 5.97 Å². The van der Waals surface area contributed by atoms with E-state index in [4.69, 9.17) is 0 Å². The molecule has 0 aromatic carbocycles. The molecule has 5 heteroatoms. The second-order valence-corrected chi connectivity index (χ2v) is 4.39. The molecule has 1 atom stereocenters. The van der Waals surface area contributed by atoms with Crippen molar-refractivity contribution in [3.8, 4) is 0 Å². The van der Waals surface area contributed by atoms with E-state index in [9.17, 15) is 9.90 Å². The molecule has 0 aliphatic carbocycles. The van der Waals surface area contributed by atoms with Gasteiger partial charge < -0.3 is 9.90 Å². The molecule has 1 unspecified atom stereocenters. The average molecular weight is 233 g/mol. The van der Waals surface area contributed by atoms with Gasteiger partial charge in [-0.25, -0.2) is 0 Å². The molecule has 0 aliphatic heterocycles. The summed E-state index contributed by atoms with van der Waals surface area (Å²) >= 11 is 1.40. The summed E-state index contributed by atoms with van der Waals surface area (Å²) in [6.07, 6.45) is 4.34. The molecule has 0 bridgehead atoms. The Morgan fingerprint density at radius 1 is 1.53 bits per heavy atom. The number of pyridine rings is 1. The van der Waals surface area contributed by atoms with Gasteiger partial charge in [-0.3, -0.25) is 4.98 Å². The van der Waals surface area contributed by atoms with Crippen molar-refractivity contribution in [1.29, 1.82) is 0 Å². The van der Waals surface area contributed by atoms with Crippen LogP contribution in [-0.2, 0) is 11.2 Å². The third-order valence-corrected chi connectivity index (χ3v) is 2.97. The van der Waals surface area contributed by atoms with Crippen molar-refractivity contribution >= 4 is 17.7 Å². The van der Waals surface area contributed by atoms with Gasteiger partial charge in [-0.1, -0.05) is 0 Å². The maximum Gasteiger partial charge on any atom is 1.00 e. The first kappa shape index (κ1) is 15.0. The molecule has 0 aliphatic rings. The van der Waals surface area contributed by atoms with E-state index in [-0.39, 0.29) is 29.6 Å². The average Bonchev–Trinajstić information content (AvgIpc) is 2.19. The first-order valence-corrected chi connectivity index (χ1v) is 5.46. The Kier molecular flexibility index (Phi) is 8.14. The Balaban J connectivity index is 0.00000196. The number of aliphatic carboxylic acids is 1. The van der Waals surface area contributed by atoms with E-state index in [2.05, 4.69) is 4.98 Å². The van der Waals surface area contributed by atoms with E-state index < -0.39 is 11.2 Å². The van der Waals surface area contributed by atoms with E-state index in [1.54, 1.807) is 19.3 Å². The van der Waals surface area contributed by atoms with E-state index in [0.717, 1.165) is 12.2 Å². The minimum atomic E-state index is -0.996. The largest absolute Gasteiger partial charge is 1.00 e. The van der Waals surface area contributed by atoms with Crippen LogP contribution in [-0.4, -0.2) is 22.0 Å². The molecule has 1 rings (SSSR count). The van der Waals surface area contributed by atoms with Gasteiger partial charge in [0.1, 0.15) is 0 Å². The number of carboxylic acid groups (broad SMARTS) is 1. The fraction of sp³-hybridized carbons (Fsp3) is 0.400. The van der Waals surface area contributed by atoms with Gasteiger partial charge in [0.15, 0.2) is 0 Å². The van der Waals surface area contributed by atoms with Crippen LogP contribution in [0.3, 0.4) is 0 Å². The number of hydrogen-bond acceptors (Lipinski definition) is 4. The molecule has 0 amide bonds. The number of carbonyl (C=O) groups is 1. The van der Waals surface area contributed by atoms with Crippen LogP contribution in [0.4, 0.5) is 0 Å². The summed E-state index contributed by atoms with van der Waals surface area (Å²) in [7, 11) is 0. The molecule has 0 radical (unpaired) electrons. The number of hydrogen-bond donors (Lipinski definition) is 0. The molecule has 0 saturated heterocycles. The number of nitrogens with zero attached hydrogens (tertiary/aromatic N) is 1. The quantitative estimate of drug-likeness (QED) is 0.528. The van der Waals surface area contributed by atoms with Crippen LogP contribution in [0, 0.1) is 0 Å². The first-order chi connectivity index (χ1) is 6.70. The number of aryl methyl sites for hydroxylation is 1. The van der Waals surface area contributed by atoms with Crippen LogP contribution >= 0.6 is 11.8 Å². The van der Waals surface area contributed by atoms with Gasteiger partial charge in [-0.2, -0.15) is 11.8 Å². The molecule has 0 saturated carbocycles. The van der Waals surface area contributed by atoms with Gasteiger partial charge >= 0.3 is 29.6 Å². The number of carbonyl (C=O) groups excluding carboxylic acids is 1. The Hall–Kier alpha value is -0.0300. The maximum absolute atomic E-state index is 10.4. The van der Waals surface area contributed by atoms with Crippen molar-refractivity contribution in [3.05, 3.63) is 30.1 Å². The summed E-state index contributed by atoms with van der Waals surface area (Å²) in [5, 5.41) is 9.97. The predicted molar refractivity (Wildman–Crippen MR) is 54.9 cm³/mol. The van der Waals surface area contributed by atoms with E-state index >= 15 is 0 Å². The zero-order valence-electron chi connectivity index (χ0n) is 8.97. The molecule has 0 N–H and O–H groups in total. The molecule has 1 aromatic rings. The van der Waals surface area contributed by atoms with Crippen LogP contribution in [0.1, 0.15) is 12.5 Å². The minimum Gasteiger partial charge on any atom is -0.549 e. The smallest absolute Gasteiger partial charge is 0.549 e. The molecule has 0 fully saturated rings. The van der Waals surface area contributed by atoms with Gasteiger partial charge in [-0.15, -0.1) is 0 Å². The fourth-order valence-electron chi connectivity index (χ4n) is 0.971. The zero-order valence-corrected chi connectivity index (χ0v) is 11.8. The summed E-state index contributed by atoms with van der Waals surface area (Å²) in [5.74, 6) is -0.205. The molecule has 76 valence electrons. The molecule has 15 heavy (non-hydrogen) atoms. The third kappa shape index (κ3) is 6.20. The van der Waals surface area contributed by atoms with E-state index in [0.29, 0.717) is 0 Å². The SMILES string of the molecule is CC(SCCc1ccncc1)C(=O)[O-].[Na+]. The maximum atomic E-state index is 10.4. The van der Waals surface area contributed by atoms with Gasteiger partial charge in [0, 0.05) is 17.6 Å². The molecular formula is C10H12NNaO2S. The summed E-state index contributed by atoms with van der Waals surface area (Å²) in [4.78, 5) is 14.3. The Morgan fingerprint density at radius 2 is 2.13 bits per heavy atom. The second kappa shape index (κ2) is 8.16. The molecule has 1 heterocycles. The summed E-state index contributed by atoms with van der Waals surface area (Å²) in [6.45, 7) is 1.65. The standard InChI is InChI=1S/C10H13NO2S.Na/c1-8(10(12)13)14-7-4-9-2-5-11-6-3-9;/h2-3,5-6,8H,4,7H2,1H3,(H,12,13);/q;+1/p-1. The molecular weight excluding hydrogens is 221 g/mol.